The van der Waals surface area contributed by atoms with Gasteiger partial charge in [-0.05, 0) is 31.2 Å². The minimum absolute atomic E-state index is 0.535. The number of nitrogens with zero attached hydrogens (tertiary/aromatic N) is 4. The molecule has 0 aliphatic heterocycles. The minimum Gasteiger partial charge on any atom is -0.262 e. The number of fused-ring (bicyclic) bond motifs is 1. The molecule has 80 valence electrons. The molecule has 0 saturated carbocycles. The van der Waals surface area contributed by atoms with Gasteiger partial charge < -0.3 is 0 Å². The van der Waals surface area contributed by atoms with E-state index in [0.717, 1.165) is 22.6 Å². The van der Waals surface area contributed by atoms with Crippen molar-refractivity contribution in [3.63, 3.8) is 0 Å². The van der Waals surface area contributed by atoms with E-state index in [4.69, 9.17) is 7.85 Å². The smallest absolute Gasteiger partial charge is 0.152 e. The first-order chi connectivity index (χ1) is 8.24. The topological polar surface area (TPSA) is 43.1 Å². The lowest BCUT2D eigenvalue weighted by atomic mass is 10.1. The van der Waals surface area contributed by atoms with Crippen LogP contribution in [0, 0.1) is 6.92 Å². The number of imidazole rings is 1. The molecule has 0 unspecified atom stereocenters. The van der Waals surface area contributed by atoms with Crippen LogP contribution in [0.5, 0.6) is 0 Å². The van der Waals surface area contributed by atoms with Crippen LogP contribution in [0.25, 0.3) is 16.9 Å². The molecule has 0 spiro atoms. The Morgan fingerprint density at radius 1 is 1.18 bits per heavy atom. The molecule has 4 nitrogen and oxygen atoms in total. The lowest BCUT2D eigenvalue weighted by Gasteiger charge is -2.03. The van der Waals surface area contributed by atoms with Gasteiger partial charge in [0.2, 0.25) is 0 Å². The van der Waals surface area contributed by atoms with Crippen molar-refractivity contribution in [1.29, 1.82) is 0 Å². The molecule has 0 aliphatic carbocycles. The summed E-state index contributed by atoms with van der Waals surface area (Å²) in [6, 6.07) is 7.74. The number of rotatable bonds is 1. The lowest BCUT2D eigenvalue weighted by molar-refractivity contribution is 0.964. The Morgan fingerprint density at radius 2 is 2.06 bits per heavy atom. The van der Waals surface area contributed by atoms with Crippen LogP contribution >= 0.6 is 0 Å². The molecular formula is C12H9BN4. The van der Waals surface area contributed by atoms with Crippen LogP contribution in [0.3, 0.4) is 0 Å². The van der Waals surface area contributed by atoms with E-state index in [-0.39, 0.29) is 0 Å². The van der Waals surface area contributed by atoms with Gasteiger partial charge in [-0.25, -0.2) is 9.50 Å². The van der Waals surface area contributed by atoms with Crippen LogP contribution in [-0.2, 0) is 0 Å². The Balaban J connectivity index is 2.20. The Bertz CT molecular complexity index is 690. The standard InChI is InChI=1S/C12H9BN4/c1-8-6-9(4-5-14-8)10-2-3-12-15-7-11(13)17(12)16-10/h2-7H,1H3. The molecule has 0 aliphatic rings. The van der Waals surface area contributed by atoms with E-state index in [2.05, 4.69) is 15.1 Å². The Morgan fingerprint density at radius 3 is 2.88 bits per heavy atom. The van der Waals surface area contributed by atoms with E-state index in [1.807, 2.05) is 31.2 Å². The average Bonchev–Trinajstić information content (AvgIpc) is 2.71. The number of aromatic nitrogens is 4. The highest BCUT2D eigenvalue weighted by atomic mass is 15.3. The van der Waals surface area contributed by atoms with E-state index in [0.29, 0.717) is 5.59 Å². The van der Waals surface area contributed by atoms with Crippen molar-refractivity contribution in [3.8, 4) is 11.3 Å². The molecule has 2 radical (unpaired) electrons. The Hall–Kier alpha value is -2.17. The maximum absolute atomic E-state index is 5.78. The molecule has 17 heavy (non-hydrogen) atoms. The molecule has 0 atom stereocenters. The van der Waals surface area contributed by atoms with Gasteiger partial charge in [0.15, 0.2) is 5.65 Å². The molecule has 0 aromatic carbocycles. The van der Waals surface area contributed by atoms with Crippen molar-refractivity contribution in [1.82, 2.24) is 19.6 Å². The van der Waals surface area contributed by atoms with Gasteiger partial charge >= 0.3 is 0 Å². The van der Waals surface area contributed by atoms with Crippen molar-refractivity contribution in [2.75, 3.05) is 0 Å². The molecular weight excluding hydrogens is 211 g/mol. The van der Waals surface area contributed by atoms with Gasteiger partial charge in [-0.3, -0.25) is 4.98 Å². The number of aryl methyl sites for hydroxylation is 1. The molecule has 0 saturated heterocycles. The van der Waals surface area contributed by atoms with Gasteiger partial charge in [-0.15, -0.1) is 0 Å². The van der Waals surface area contributed by atoms with Gasteiger partial charge in [-0.1, -0.05) is 0 Å². The normalized spacial score (nSPS) is 10.9. The Kier molecular flexibility index (Phi) is 2.18. The van der Waals surface area contributed by atoms with E-state index in [9.17, 15) is 0 Å². The third-order valence-corrected chi connectivity index (χ3v) is 2.58. The summed E-state index contributed by atoms with van der Waals surface area (Å²) in [7, 11) is 5.78. The predicted molar refractivity (Wildman–Crippen MR) is 66.3 cm³/mol. The lowest BCUT2D eigenvalue weighted by Crippen LogP contribution is -2.12. The van der Waals surface area contributed by atoms with Crippen molar-refractivity contribution in [2.45, 2.75) is 6.92 Å². The van der Waals surface area contributed by atoms with Crippen molar-refractivity contribution in [3.05, 3.63) is 42.4 Å². The number of hydrogen-bond donors (Lipinski definition) is 0. The van der Waals surface area contributed by atoms with Crippen molar-refractivity contribution in [2.24, 2.45) is 0 Å². The highest BCUT2D eigenvalue weighted by Gasteiger charge is 2.04. The predicted octanol–water partition coefficient (Wildman–Crippen LogP) is 0.894. The van der Waals surface area contributed by atoms with Crippen LogP contribution in [0.1, 0.15) is 5.69 Å². The van der Waals surface area contributed by atoms with Crippen LogP contribution in [0.15, 0.2) is 36.7 Å². The third kappa shape index (κ3) is 1.69. The van der Waals surface area contributed by atoms with Crippen LogP contribution in [-0.4, -0.2) is 27.4 Å². The summed E-state index contributed by atoms with van der Waals surface area (Å²) >= 11 is 0. The number of hydrogen-bond acceptors (Lipinski definition) is 3. The minimum atomic E-state index is 0.535. The zero-order valence-corrected chi connectivity index (χ0v) is 9.33. The van der Waals surface area contributed by atoms with E-state index < -0.39 is 0 Å². The molecule has 3 rings (SSSR count). The summed E-state index contributed by atoms with van der Waals surface area (Å²) in [6.45, 7) is 1.95. The fourth-order valence-electron chi connectivity index (χ4n) is 1.75. The van der Waals surface area contributed by atoms with Crippen molar-refractivity contribution < 1.29 is 0 Å². The summed E-state index contributed by atoms with van der Waals surface area (Å²) in [6.07, 6.45) is 3.37. The summed E-state index contributed by atoms with van der Waals surface area (Å²) < 4.78 is 1.63. The summed E-state index contributed by atoms with van der Waals surface area (Å²) in [4.78, 5) is 8.30. The molecule has 3 aromatic rings. The molecule has 3 aromatic heterocycles. The van der Waals surface area contributed by atoms with Crippen LogP contribution in [0.2, 0.25) is 0 Å². The summed E-state index contributed by atoms with van der Waals surface area (Å²) in [5, 5.41) is 4.45. The average molecular weight is 220 g/mol. The number of pyridine rings is 1. The van der Waals surface area contributed by atoms with Crippen LogP contribution in [0.4, 0.5) is 0 Å². The highest BCUT2D eigenvalue weighted by Crippen LogP contribution is 2.16. The largest absolute Gasteiger partial charge is 0.262 e. The molecule has 0 N–H and O–H groups in total. The monoisotopic (exact) mass is 220 g/mol. The first-order valence-electron chi connectivity index (χ1n) is 5.27. The zero-order valence-electron chi connectivity index (χ0n) is 9.33. The molecule has 0 fully saturated rings. The summed E-state index contributed by atoms with van der Waals surface area (Å²) in [5.74, 6) is 0. The molecule has 0 bridgehead atoms. The van der Waals surface area contributed by atoms with Gasteiger partial charge in [0.05, 0.1) is 5.69 Å². The highest BCUT2D eigenvalue weighted by molar-refractivity contribution is 6.30. The summed E-state index contributed by atoms with van der Waals surface area (Å²) in [5.41, 5.74) is 4.12. The second-order valence-corrected chi connectivity index (χ2v) is 3.86. The second kappa shape index (κ2) is 3.70. The quantitative estimate of drug-likeness (QED) is 0.572. The first-order valence-corrected chi connectivity index (χ1v) is 5.27. The Labute approximate surface area is 99.8 Å². The maximum atomic E-state index is 5.78. The molecule has 3 heterocycles. The molecule has 0 amide bonds. The van der Waals surface area contributed by atoms with Gasteiger partial charge in [0.25, 0.3) is 0 Å². The van der Waals surface area contributed by atoms with Gasteiger partial charge in [0.1, 0.15) is 7.85 Å². The van der Waals surface area contributed by atoms with Gasteiger partial charge in [0, 0.05) is 29.2 Å². The fraction of sp³-hybridized carbons (Fsp3) is 0.0833. The zero-order chi connectivity index (χ0) is 11.8. The van der Waals surface area contributed by atoms with Gasteiger partial charge in [-0.2, -0.15) is 5.10 Å². The van der Waals surface area contributed by atoms with Crippen molar-refractivity contribution >= 4 is 19.1 Å². The fourth-order valence-corrected chi connectivity index (χ4v) is 1.75. The van der Waals surface area contributed by atoms with Crippen LogP contribution < -0.4 is 5.59 Å². The molecule has 5 heteroatoms. The van der Waals surface area contributed by atoms with E-state index in [1.165, 1.54) is 0 Å². The second-order valence-electron chi connectivity index (χ2n) is 3.86. The SMILES string of the molecule is [B]c1cnc2ccc(-c3ccnc(C)c3)nn12. The van der Waals surface area contributed by atoms with E-state index in [1.54, 1.807) is 16.9 Å². The first kappa shape index (κ1) is 10.0. The maximum Gasteiger partial charge on any atom is 0.152 e. The third-order valence-electron chi connectivity index (χ3n) is 2.58. The van der Waals surface area contributed by atoms with E-state index >= 15 is 0 Å².